The first-order chi connectivity index (χ1) is 8.31. The zero-order valence-corrected chi connectivity index (χ0v) is 10.6. The average Bonchev–Trinajstić information content (AvgIpc) is 2.69. The fraction of sp³-hybridized carbons (Fsp3) is 0.846. The van der Waals surface area contributed by atoms with Crippen LogP contribution in [0.3, 0.4) is 0 Å². The van der Waals surface area contributed by atoms with Gasteiger partial charge in [-0.05, 0) is 19.3 Å². The summed E-state index contributed by atoms with van der Waals surface area (Å²) in [5, 5.41) is 14.1. The summed E-state index contributed by atoms with van der Waals surface area (Å²) < 4.78 is 5.31. The molecule has 0 radical (unpaired) electrons. The van der Waals surface area contributed by atoms with E-state index in [-0.39, 0.29) is 12.0 Å². The molecule has 1 aliphatic rings. The topological polar surface area (TPSA) is 59.2 Å². The molecule has 0 aromatic carbocycles. The first kappa shape index (κ1) is 12.6. The van der Waals surface area contributed by atoms with E-state index < -0.39 is 0 Å². The molecular formula is C13H22N2O2. The molecule has 1 aromatic heterocycles. The lowest BCUT2D eigenvalue weighted by Gasteiger charge is -2.15. The number of nitrogens with zero attached hydrogens (tertiary/aromatic N) is 2. The van der Waals surface area contributed by atoms with Crippen molar-refractivity contribution in [3.05, 3.63) is 11.7 Å². The third kappa shape index (κ3) is 3.28. The van der Waals surface area contributed by atoms with Gasteiger partial charge >= 0.3 is 0 Å². The second-order valence-electron chi connectivity index (χ2n) is 4.96. The van der Waals surface area contributed by atoms with Crippen LogP contribution >= 0.6 is 0 Å². The predicted molar refractivity (Wildman–Crippen MR) is 64.7 cm³/mol. The molecule has 4 nitrogen and oxygen atoms in total. The Morgan fingerprint density at radius 2 is 2.12 bits per heavy atom. The third-order valence-electron chi connectivity index (χ3n) is 3.53. The van der Waals surface area contributed by atoms with Gasteiger partial charge in [0.05, 0.1) is 12.0 Å². The van der Waals surface area contributed by atoms with Crippen molar-refractivity contribution in [2.75, 3.05) is 0 Å². The third-order valence-corrected chi connectivity index (χ3v) is 3.53. The molecule has 1 aliphatic carbocycles. The van der Waals surface area contributed by atoms with E-state index >= 15 is 0 Å². The van der Waals surface area contributed by atoms with Crippen LogP contribution in [0.5, 0.6) is 0 Å². The molecule has 0 aliphatic heterocycles. The van der Waals surface area contributed by atoms with Crippen LogP contribution in [0, 0.1) is 0 Å². The molecule has 0 amide bonds. The van der Waals surface area contributed by atoms with Crippen LogP contribution in [0.25, 0.3) is 0 Å². The van der Waals surface area contributed by atoms with E-state index in [1.165, 1.54) is 6.42 Å². The molecule has 17 heavy (non-hydrogen) atoms. The maximum atomic E-state index is 10.1. The maximum absolute atomic E-state index is 10.1. The van der Waals surface area contributed by atoms with Crippen LogP contribution in [0.15, 0.2) is 4.52 Å². The van der Waals surface area contributed by atoms with Gasteiger partial charge in [-0.15, -0.1) is 0 Å². The fourth-order valence-electron chi connectivity index (χ4n) is 2.43. The first-order valence-electron chi connectivity index (χ1n) is 6.81. The molecule has 1 fully saturated rings. The van der Waals surface area contributed by atoms with Gasteiger partial charge in [0.15, 0.2) is 5.82 Å². The number of hydrogen-bond donors (Lipinski definition) is 1. The summed E-state index contributed by atoms with van der Waals surface area (Å²) in [5.41, 5.74) is 0. The molecule has 1 saturated carbocycles. The highest BCUT2D eigenvalue weighted by Gasteiger charge is 2.28. The summed E-state index contributed by atoms with van der Waals surface area (Å²) in [5.74, 6) is 1.49. The van der Waals surface area contributed by atoms with Gasteiger partial charge in [0.1, 0.15) is 0 Å². The molecule has 1 aromatic rings. The van der Waals surface area contributed by atoms with Crippen molar-refractivity contribution in [2.24, 2.45) is 0 Å². The zero-order chi connectivity index (χ0) is 12.1. The summed E-state index contributed by atoms with van der Waals surface area (Å²) in [6, 6.07) is 0. The highest BCUT2D eigenvalue weighted by molar-refractivity contribution is 4.98. The van der Waals surface area contributed by atoms with Crippen molar-refractivity contribution in [1.29, 1.82) is 0 Å². The van der Waals surface area contributed by atoms with Crippen molar-refractivity contribution >= 4 is 0 Å². The molecule has 0 spiro atoms. The molecule has 0 saturated heterocycles. The molecule has 1 N–H and O–H groups in total. The van der Waals surface area contributed by atoms with Gasteiger partial charge in [-0.2, -0.15) is 4.98 Å². The number of hydrogen-bond acceptors (Lipinski definition) is 4. The predicted octanol–water partition coefficient (Wildman–Crippen LogP) is 2.82. The molecule has 0 bridgehead atoms. The normalized spacial score (nSPS) is 25.8. The Morgan fingerprint density at radius 1 is 1.29 bits per heavy atom. The van der Waals surface area contributed by atoms with Crippen LogP contribution in [0.4, 0.5) is 0 Å². The smallest absolute Gasteiger partial charge is 0.232 e. The zero-order valence-electron chi connectivity index (χ0n) is 10.6. The Morgan fingerprint density at radius 3 is 2.94 bits per heavy atom. The number of unbranched alkanes of at least 4 members (excludes halogenated alkanes) is 1. The highest BCUT2D eigenvalue weighted by Crippen LogP contribution is 2.31. The van der Waals surface area contributed by atoms with Gasteiger partial charge in [0, 0.05) is 6.42 Å². The molecular weight excluding hydrogens is 216 g/mol. The summed E-state index contributed by atoms with van der Waals surface area (Å²) in [6.07, 6.45) is 8.07. The lowest BCUT2D eigenvalue weighted by atomic mass is 9.97. The van der Waals surface area contributed by atoms with Crippen molar-refractivity contribution in [3.63, 3.8) is 0 Å². The minimum atomic E-state index is -0.308. The Balaban J connectivity index is 2.01. The fourth-order valence-corrected chi connectivity index (χ4v) is 2.43. The van der Waals surface area contributed by atoms with Crippen LogP contribution in [-0.2, 0) is 6.42 Å². The SMILES string of the molecule is CCCCc1noc(C2CCCCCC2O)n1. The number of rotatable bonds is 4. The Hall–Kier alpha value is -0.900. The van der Waals surface area contributed by atoms with Gasteiger partial charge in [-0.3, -0.25) is 0 Å². The van der Waals surface area contributed by atoms with Gasteiger partial charge in [-0.25, -0.2) is 0 Å². The van der Waals surface area contributed by atoms with Gasteiger partial charge in [0.25, 0.3) is 0 Å². The van der Waals surface area contributed by atoms with Crippen molar-refractivity contribution in [1.82, 2.24) is 10.1 Å². The second kappa shape index (κ2) is 6.15. The van der Waals surface area contributed by atoms with E-state index in [2.05, 4.69) is 17.1 Å². The van der Waals surface area contributed by atoms with E-state index in [0.717, 1.165) is 50.8 Å². The number of aliphatic hydroxyl groups is 1. The van der Waals surface area contributed by atoms with Gasteiger partial charge in [-0.1, -0.05) is 37.8 Å². The monoisotopic (exact) mass is 238 g/mol. The minimum Gasteiger partial charge on any atom is -0.392 e. The lowest BCUT2D eigenvalue weighted by molar-refractivity contribution is 0.119. The van der Waals surface area contributed by atoms with Crippen LogP contribution in [0.1, 0.15) is 69.5 Å². The Labute approximate surface area is 102 Å². The standard InChI is InChI=1S/C13H22N2O2/c1-2-3-9-12-14-13(17-15-12)10-7-5-4-6-8-11(10)16/h10-11,16H,2-9H2,1H3. The van der Waals surface area contributed by atoms with Crippen molar-refractivity contribution < 1.29 is 9.63 Å². The van der Waals surface area contributed by atoms with Crippen LogP contribution < -0.4 is 0 Å². The molecule has 1 heterocycles. The van der Waals surface area contributed by atoms with E-state index in [9.17, 15) is 5.11 Å². The maximum Gasteiger partial charge on any atom is 0.232 e. The average molecular weight is 238 g/mol. The van der Waals surface area contributed by atoms with Gasteiger partial charge in [0.2, 0.25) is 5.89 Å². The minimum absolute atomic E-state index is 0.0559. The number of aryl methyl sites for hydroxylation is 1. The summed E-state index contributed by atoms with van der Waals surface area (Å²) in [4.78, 5) is 4.43. The summed E-state index contributed by atoms with van der Waals surface area (Å²) in [6.45, 7) is 2.15. The Kier molecular flexibility index (Phi) is 4.54. The summed E-state index contributed by atoms with van der Waals surface area (Å²) in [7, 11) is 0. The van der Waals surface area contributed by atoms with Crippen molar-refractivity contribution in [3.8, 4) is 0 Å². The van der Waals surface area contributed by atoms with E-state index in [0.29, 0.717) is 5.89 Å². The Bertz CT molecular complexity index is 338. The highest BCUT2D eigenvalue weighted by atomic mass is 16.5. The van der Waals surface area contributed by atoms with E-state index in [1.54, 1.807) is 0 Å². The lowest BCUT2D eigenvalue weighted by Crippen LogP contribution is -2.17. The van der Waals surface area contributed by atoms with Gasteiger partial charge < -0.3 is 9.63 Å². The first-order valence-corrected chi connectivity index (χ1v) is 6.81. The quantitative estimate of drug-likeness (QED) is 0.819. The van der Waals surface area contributed by atoms with Crippen LogP contribution in [0.2, 0.25) is 0 Å². The number of aromatic nitrogens is 2. The molecule has 2 atom stereocenters. The number of aliphatic hydroxyl groups excluding tert-OH is 1. The van der Waals surface area contributed by atoms with E-state index in [1.807, 2.05) is 0 Å². The summed E-state index contributed by atoms with van der Waals surface area (Å²) >= 11 is 0. The van der Waals surface area contributed by atoms with Crippen LogP contribution in [-0.4, -0.2) is 21.4 Å². The molecule has 2 rings (SSSR count). The molecule has 2 unspecified atom stereocenters. The largest absolute Gasteiger partial charge is 0.392 e. The molecule has 96 valence electrons. The van der Waals surface area contributed by atoms with E-state index in [4.69, 9.17) is 4.52 Å². The van der Waals surface area contributed by atoms with Crippen molar-refractivity contribution in [2.45, 2.75) is 70.3 Å². The second-order valence-corrected chi connectivity index (χ2v) is 4.96. The molecule has 4 heteroatoms.